The number of hydrogen-bond donors (Lipinski definition) is 0. The fourth-order valence-corrected chi connectivity index (χ4v) is 2.72. The van der Waals surface area contributed by atoms with Crippen LogP contribution in [0.25, 0.3) is 10.6 Å². The largest absolute Gasteiger partial charge is 0.332 e. The van der Waals surface area contributed by atoms with Gasteiger partial charge in [0.2, 0.25) is 0 Å². The molecule has 0 aromatic carbocycles. The smallest absolute Gasteiger partial charge is 0.167 e. The first-order valence-corrected chi connectivity index (χ1v) is 5.50. The zero-order valence-corrected chi connectivity index (χ0v) is 9.76. The number of imidazole rings is 1. The van der Waals surface area contributed by atoms with Gasteiger partial charge in [0.1, 0.15) is 6.07 Å². The number of thiophene rings is 1. The number of aryl methyl sites for hydroxylation is 1. The summed E-state index contributed by atoms with van der Waals surface area (Å²) in [5.41, 5.74) is 1.35. The van der Waals surface area contributed by atoms with Crippen LogP contribution in [0.4, 0.5) is 0 Å². The Balaban J connectivity index is 2.61. The molecule has 0 spiro atoms. The van der Waals surface area contributed by atoms with Crippen LogP contribution in [0.3, 0.4) is 0 Å². The first-order chi connectivity index (χ1) is 6.72. The predicted molar refractivity (Wildman–Crippen MR) is 58.9 cm³/mol. The van der Waals surface area contributed by atoms with E-state index in [-0.39, 0.29) is 0 Å². The summed E-state index contributed by atoms with van der Waals surface area (Å²) in [7, 11) is 1.89. The minimum Gasteiger partial charge on any atom is -0.332 e. The number of aromatic nitrogens is 2. The van der Waals surface area contributed by atoms with Gasteiger partial charge in [-0.3, -0.25) is 0 Å². The molecule has 2 aromatic heterocycles. The SMILES string of the molecule is Cn1cnc(C#N)c1-c1ccc(Br)s1. The second-order valence-corrected chi connectivity index (χ2v) is 5.23. The van der Waals surface area contributed by atoms with E-state index in [1.54, 1.807) is 17.7 Å². The maximum atomic E-state index is 8.87. The molecule has 2 aromatic rings. The molecule has 0 atom stereocenters. The van der Waals surface area contributed by atoms with Crippen LogP contribution in [0.5, 0.6) is 0 Å². The zero-order valence-electron chi connectivity index (χ0n) is 7.36. The molecule has 2 heterocycles. The van der Waals surface area contributed by atoms with Gasteiger partial charge in [0, 0.05) is 7.05 Å². The molecule has 0 saturated heterocycles. The van der Waals surface area contributed by atoms with Crippen LogP contribution in [0.1, 0.15) is 5.69 Å². The monoisotopic (exact) mass is 267 g/mol. The first kappa shape index (κ1) is 9.44. The highest BCUT2D eigenvalue weighted by Gasteiger charge is 2.12. The third-order valence-electron chi connectivity index (χ3n) is 1.85. The molecule has 0 aliphatic carbocycles. The molecule has 0 fully saturated rings. The van der Waals surface area contributed by atoms with E-state index in [1.165, 1.54) is 0 Å². The van der Waals surface area contributed by atoms with E-state index in [9.17, 15) is 0 Å². The quantitative estimate of drug-likeness (QED) is 0.798. The molecule has 0 saturated carbocycles. The van der Waals surface area contributed by atoms with Crippen molar-refractivity contribution in [2.24, 2.45) is 7.05 Å². The Labute approximate surface area is 93.8 Å². The number of halogens is 1. The van der Waals surface area contributed by atoms with E-state index in [0.29, 0.717) is 5.69 Å². The Bertz CT molecular complexity index is 506. The van der Waals surface area contributed by atoms with E-state index in [2.05, 4.69) is 27.0 Å². The Morgan fingerprint density at radius 3 is 2.93 bits per heavy atom. The molecule has 0 aliphatic heterocycles. The Hall–Kier alpha value is -1.12. The van der Waals surface area contributed by atoms with Crippen LogP contribution in [0.15, 0.2) is 22.2 Å². The van der Waals surface area contributed by atoms with Crippen LogP contribution in [0.2, 0.25) is 0 Å². The zero-order chi connectivity index (χ0) is 10.1. The van der Waals surface area contributed by atoms with Crippen molar-refractivity contribution in [3.05, 3.63) is 27.9 Å². The summed E-state index contributed by atoms with van der Waals surface area (Å²) in [4.78, 5) is 5.06. The van der Waals surface area contributed by atoms with E-state index >= 15 is 0 Å². The van der Waals surface area contributed by atoms with Gasteiger partial charge in [-0.15, -0.1) is 11.3 Å². The highest BCUT2D eigenvalue weighted by Crippen LogP contribution is 2.32. The van der Waals surface area contributed by atoms with Crippen LogP contribution < -0.4 is 0 Å². The maximum absolute atomic E-state index is 8.87. The average Bonchev–Trinajstić information content (AvgIpc) is 2.71. The van der Waals surface area contributed by atoms with Crippen LogP contribution in [-0.2, 0) is 7.05 Å². The van der Waals surface area contributed by atoms with Crippen molar-refractivity contribution in [2.75, 3.05) is 0 Å². The Morgan fingerprint density at radius 1 is 1.57 bits per heavy atom. The first-order valence-electron chi connectivity index (χ1n) is 3.89. The van der Waals surface area contributed by atoms with Gasteiger partial charge in [-0.1, -0.05) is 0 Å². The van der Waals surface area contributed by atoms with Gasteiger partial charge in [-0.2, -0.15) is 5.26 Å². The average molecular weight is 268 g/mol. The molecular weight excluding hydrogens is 262 g/mol. The minimum absolute atomic E-state index is 0.474. The lowest BCUT2D eigenvalue weighted by molar-refractivity contribution is 0.923. The highest BCUT2D eigenvalue weighted by molar-refractivity contribution is 9.11. The molecule has 0 N–H and O–H groups in total. The van der Waals surface area contributed by atoms with Crippen LogP contribution in [0, 0.1) is 11.3 Å². The van der Waals surface area contributed by atoms with Crippen LogP contribution >= 0.6 is 27.3 Å². The lowest BCUT2D eigenvalue weighted by Crippen LogP contribution is -1.88. The van der Waals surface area contributed by atoms with Gasteiger partial charge >= 0.3 is 0 Å². The van der Waals surface area contributed by atoms with Gasteiger partial charge in [-0.25, -0.2) is 4.98 Å². The molecule has 14 heavy (non-hydrogen) atoms. The molecule has 0 unspecified atom stereocenters. The topological polar surface area (TPSA) is 41.6 Å². The van der Waals surface area contributed by atoms with E-state index in [0.717, 1.165) is 14.4 Å². The summed E-state index contributed by atoms with van der Waals surface area (Å²) < 4.78 is 2.91. The standard InChI is InChI=1S/C9H6BrN3S/c1-13-5-12-6(4-11)9(13)7-2-3-8(10)14-7/h2-3,5H,1H3. The number of rotatable bonds is 1. The fraction of sp³-hybridized carbons (Fsp3) is 0.111. The third kappa shape index (κ3) is 1.47. The highest BCUT2D eigenvalue weighted by atomic mass is 79.9. The van der Waals surface area contributed by atoms with E-state index in [1.807, 2.05) is 23.7 Å². The van der Waals surface area contributed by atoms with Gasteiger partial charge < -0.3 is 4.57 Å². The molecule has 0 aliphatic rings. The van der Waals surface area contributed by atoms with Crippen molar-refractivity contribution in [1.82, 2.24) is 9.55 Å². The Morgan fingerprint density at radius 2 is 2.36 bits per heavy atom. The summed E-state index contributed by atoms with van der Waals surface area (Å²) >= 11 is 4.99. The normalized spacial score (nSPS) is 10.1. The van der Waals surface area contributed by atoms with Gasteiger partial charge in [0.05, 0.1) is 20.7 Å². The lowest BCUT2D eigenvalue weighted by Gasteiger charge is -1.97. The van der Waals surface area contributed by atoms with Crippen molar-refractivity contribution in [2.45, 2.75) is 0 Å². The molecule has 0 amide bonds. The van der Waals surface area contributed by atoms with Crippen molar-refractivity contribution in [3.8, 4) is 16.6 Å². The fourth-order valence-electron chi connectivity index (χ4n) is 1.24. The molecule has 2 rings (SSSR count). The van der Waals surface area contributed by atoms with Crippen molar-refractivity contribution < 1.29 is 0 Å². The molecule has 0 bridgehead atoms. The molecule has 5 heteroatoms. The number of nitrogens with zero attached hydrogens (tertiary/aromatic N) is 3. The van der Waals surface area contributed by atoms with Crippen molar-refractivity contribution in [3.63, 3.8) is 0 Å². The summed E-state index contributed by atoms with van der Waals surface area (Å²) in [5.74, 6) is 0. The van der Waals surface area contributed by atoms with Crippen molar-refractivity contribution in [1.29, 1.82) is 5.26 Å². The van der Waals surface area contributed by atoms with E-state index < -0.39 is 0 Å². The predicted octanol–water partition coefficient (Wildman–Crippen LogP) is 2.78. The number of hydrogen-bond acceptors (Lipinski definition) is 3. The second kappa shape index (κ2) is 3.56. The summed E-state index contributed by atoms with van der Waals surface area (Å²) in [6, 6.07) is 6.03. The minimum atomic E-state index is 0.474. The molecule has 0 radical (unpaired) electrons. The molecule has 70 valence electrons. The van der Waals surface area contributed by atoms with E-state index in [4.69, 9.17) is 5.26 Å². The molecule has 3 nitrogen and oxygen atoms in total. The summed E-state index contributed by atoms with van der Waals surface area (Å²) in [6.45, 7) is 0. The summed E-state index contributed by atoms with van der Waals surface area (Å²) in [6.07, 6.45) is 1.65. The Kier molecular flexibility index (Phi) is 2.40. The second-order valence-electron chi connectivity index (χ2n) is 2.77. The van der Waals surface area contributed by atoms with Gasteiger partial charge in [0.25, 0.3) is 0 Å². The summed E-state index contributed by atoms with van der Waals surface area (Å²) in [5, 5.41) is 8.87. The third-order valence-corrected chi connectivity index (χ3v) is 3.48. The lowest BCUT2D eigenvalue weighted by atomic mass is 10.3. The van der Waals surface area contributed by atoms with Crippen LogP contribution in [-0.4, -0.2) is 9.55 Å². The maximum Gasteiger partial charge on any atom is 0.167 e. The molecular formula is C9H6BrN3S. The van der Waals surface area contributed by atoms with Gasteiger partial charge in [0.15, 0.2) is 5.69 Å². The number of nitriles is 1. The van der Waals surface area contributed by atoms with Crippen molar-refractivity contribution >= 4 is 27.3 Å². The van der Waals surface area contributed by atoms with Gasteiger partial charge in [-0.05, 0) is 28.1 Å².